The first-order valence-electron chi connectivity index (χ1n) is 17.3. The van der Waals surface area contributed by atoms with Crippen molar-refractivity contribution < 1.29 is 32.2 Å². The molecule has 2 aliphatic heterocycles. The second kappa shape index (κ2) is 14.2. The zero-order chi connectivity index (χ0) is 34.2. The lowest BCUT2D eigenvalue weighted by Gasteiger charge is -2.48. The Balaban J connectivity index is 1.08. The van der Waals surface area contributed by atoms with Gasteiger partial charge in [0.05, 0.1) is 49.0 Å². The van der Waals surface area contributed by atoms with Gasteiger partial charge >= 0.3 is 5.97 Å². The second-order valence-electron chi connectivity index (χ2n) is 14.1. The third-order valence-electron chi connectivity index (χ3n) is 10.8. The molecule has 0 radical (unpaired) electrons. The first kappa shape index (κ1) is 34.2. The van der Waals surface area contributed by atoms with E-state index in [9.17, 15) is 13.2 Å². The predicted octanol–water partition coefficient (Wildman–Crippen LogP) is 5.84. The SMILES string of the molecule is COC(=O)c1ccc2c(c1)N(C[C@@H]1CC[C@H]1[C@H]1C[C@H](O[C@H](C)CS(=O)(=O)c3ncccn3)CCO1)C[C@@]1(CCCc3cc(Cl)ccc31)CO2. The zero-order valence-corrected chi connectivity index (χ0v) is 29.6. The standard InChI is InChI=1S/C37H44ClN3O7S/c1-24(21-49(43,44)36-39-14-4-15-40-36)48-29-12-16-46-34(19-29)30-9-6-27(30)20-41-22-37(13-3-5-25-17-28(38)8-10-31(25)37)23-47-33-11-7-26(18-32(33)41)35(42)45-2/h4,7-8,10-11,14-15,17-18,24,27,29-30,34H,3,5-6,9,12-13,16,19-23H2,1-2H3/t24-,27+,29-,30-,34-,37+/m1/s1. The van der Waals surface area contributed by atoms with Gasteiger partial charge in [0.2, 0.25) is 15.0 Å². The minimum atomic E-state index is -3.66. The highest BCUT2D eigenvalue weighted by Crippen LogP contribution is 2.47. The largest absolute Gasteiger partial charge is 0.490 e. The molecule has 1 aromatic heterocycles. The number of halogens is 1. The maximum atomic E-state index is 12.9. The van der Waals surface area contributed by atoms with Crippen LogP contribution in [0.2, 0.25) is 5.02 Å². The van der Waals surface area contributed by atoms with E-state index in [1.54, 1.807) is 19.1 Å². The lowest BCUT2D eigenvalue weighted by Crippen LogP contribution is -2.51. The van der Waals surface area contributed by atoms with Crippen LogP contribution in [0.15, 0.2) is 60.0 Å². The Bertz CT molecular complexity index is 1780. The zero-order valence-electron chi connectivity index (χ0n) is 28.1. The van der Waals surface area contributed by atoms with E-state index in [1.807, 2.05) is 18.2 Å². The van der Waals surface area contributed by atoms with Crippen molar-refractivity contribution in [2.45, 2.75) is 80.8 Å². The average Bonchev–Trinajstić information content (AvgIpc) is 3.23. The molecule has 0 amide bonds. The molecule has 49 heavy (non-hydrogen) atoms. The molecule has 262 valence electrons. The van der Waals surface area contributed by atoms with Crippen LogP contribution in [0.3, 0.4) is 0 Å². The number of carbonyl (C=O) groups excluding carboxylic acids is 1. The van der Waals surface area contributed by atoms with E-state index in [1.165, 1.54) is 30.6 Å². The summed E-state index contributed by atoms with van der Waals surface area (Å²) >= 11 is 6.44. The van der Waals surface area contributed by atoms with Crippen LogP contribution in [0, 0.1) is 11.8 Å². The molecule has 1 spiro atoms. The molecule has 10 nitrogen and oxygen atoms in total. The number of esters is 1. The molecule has 2 aromatic carbocycles. The quantitative estimate of drug-likeness (QED) is 0.198. The monoisotopic (exact) mass is 709 g/mol. The van der Waals surface area contributed by atoms with Gasteiger partial charge in [-0.15, -0.1) is 0 Å². The lowest BCUT2D eigenvalue weighted by molar-refractivity contribution is -0.126. The molecule has 1 saturated heterocycles. The predicted molar refractivity (Wildman–Crippen MR) is 185 cm³/mol. The molecule has 3 heterocycles. The van der Waals surface area contributed by atoms with Gasteiger partial charge < -0.3 is 23.8 Å². The Labute approximate surface area is 293 Å². The molecule has 6 atom stereocenters. The van der Waals surface area contributed by atoms with Crippen molar-refractivity contribution in [1.29, 1.82) is 0 Å². The number of benzene rings is 2. The summed E-state index contributed by atoms with van der Waals surface area (Å²) in [5.41, 5.74) is 3.77. The number of methoxy groups -OCH3 is 1. The van der Waals surface area contributed by atoms with E-state index in [4.69, 9.17) is 30.5 Å². The van der Waals surface area contributed by atoms with Crippen molar-refractivity contribution in [2.24, 2.45) is 11.8 Å². The summed E-state index contributed by atoms with van der Waals surface area (Å²) in [5.74, 6) is 0.934. The Morgan fingerprint density at radius 1 is 1.14 bits per heavy atom. The molecule has 0 N–H and O–H groups in total. The third kappa shape index (κ3) is 7.18. The molecular weight excluding hydrogens is 666 g/mol. The molecule has 1 saturated carbocycles. The Morgan fingerprint density at radius 2 is 1.98 bits per heavy atom. The minimum Gasteiger partial charge on any atom is -0.490 e. The summed E-state index contributed by atoms with van der Waals surface area (Å²) in [7, 11) is -2.26. The summed E-state index contributed by atoms with van der Waals surface area (Å²) in [6.07, 6.45) is 8.91. The molecule has 0 unspecified atom stereocenters. The van der Waals surface area contributed by atoms with Crippen LogP contribution in [-0.4, -0.2) is 81.8 Å². The molecule has 12 heteroatoms. The van der Waals surface area contributed by atoms with Gasteiger partial charge in [-0.05, 0) is 105 Å². The number of aryl methyl sites for hydroxylation is 1. The fourth-order valence-corrected chi connectivity index (χ4v) is 9.85. The van der Waals surface area contributed by atoms with Gasteiger partial charge in [-0.25, -0.2) is 23.2 Å². The highest BCUT2D eigenvalue weighted by molar-refractivity contribution is 7.91. The van der Waals surface area contributed by atoms with E-state index in [0.29, 0.717) is 30.6 Å². The number of nitrogens with zero attached hydrogens (tertiary/aromatic N) is 3. The van der Waals surface area contributed by atoms with Gasteiger partial charge in [-0.3, -0.25) is 0 Å². The van der Waals surface area contributed by atoms with Crippen LogP contribution >= 0.6 is 11.6 Å². The van der Waals surface area contributed by atoms with Crippen molar-refractivity contribution >= 4 is 33.1 Å². The number of hydrogen-bond donors (Lipinski definition) is 0. The summed E-state index contributed by atoms with van der Waals surface area (Å²) < 4.78 is 50.1. The van der Waals surface area contributed by atoms with Gasteiger partial charge in [0.25, 0.3) is 0 Å². The molecule has 2 fully saturated rings. The van der Waals surface area contributed by atoms with Gasteiger partial charge in [0.15, 0.2) is 0 Å². The minimum absolute atomic E-state index is 0.0226. The van der Waals surface area contributed by atoms with Crippen molar-refractivity contribution in [3.63, 3.8) is 0 Å². The Morgan fingerprint density at radius 3 is 2.76 bits per heavy atom. The van der Waals surface area contributed by atoms with Gasteiger partial charge in [-0.2, -0.15) is 0 Å². The smallest absolute Gasteiger partial charge is 0.337 e. The Kier molecular flexibility index (Phi) is 9.89. The number of carbonyl (C=O) groups is 1. The maximum absolute atomic E-state index is 12.9. The molecule has 0 bridgehead atoms. The summed E-state index contributed by atoms with van der Waals surface area (Å²) in [6.45, 7) is 4.48. The molecule has 3 aromatic rings. The number of anilines is 1. The average molecular weight is 710 g/mol. The van der Waals surface area contributed by atoms with Gasteiger partial charge in [-0.1, -0.05) is 17.7 Å². The topological polar surface area (TPSA) is 117 Å². The first-order chi connectivity index (χ1) is 23.6. The fraction of sp³-hybridized carbons (Fsp3) is 0.541. The van der Waals surface area contributed by atoms with E-state index in [0.717, 1.165) is 74.5 Å². The number of aromatic nitrogens is 2. The third-order valence-corrected chi connectivity index (χ3v) is 12.7. The lowest BCUT2D eigenvalue weighted by atomic mass is 9.67. The Hall–Kier alpha value is -3.25. The van der Waals surface area contributed by atoms with Crippen LogP contribution in [0.5, 0.6) is 5.75 Å². The molecule has 2 aliphatic carbocycles. The molecular formula is C37H44ClN3O7S. The van der Waals surface area contributed by atoms with Crippen LogP contribution in [0.4, 0.5) is 5.69 Å². The summed E-state index contributed by atoms with van der Waals surface area (Å²) in [6, 6.07) is 13.4. The van der Waals surface area contributed by atoms with Gasteiger partial charge in [0.1, 0.15) is 5.75 Å². The number of fused-ring (bicyclic) bond motifs is 3. The van der Waals surface area contributed by atoms with Gasteiger partial charge in [0, 0.05) is 48.9 Å². The number of ether oxygens (including phenoxy) is 4. The van der Waals surface area contributed by atoms with Crippen molar-refractivity contribution in [1.82, 2.24) is 9.97 Å². The van der Waals surface area contributed by atoms with E-state index in [-0.39, 0.29) is 34.5 Å². The second-order valence-corrected chi connectivity index (χ2v) is 16.5. The number of rotatable bonds is 9. The van der Waals surface area contributed by atoms with Crippen molar-refractivity contribution in [2.75, 3.05) is 44.1 Å². The number of sulfone groups is 1. The van der Waals surface area contributed by atoms with E-state index < -0.39 is 15.9 Å². The van der Waals surface area contributed by atoms with Crippen molar-refractivity contribution in [3.05, 3.63) is 76.6 Å². The van der Waals surface area contributed by atoms with E-state index in [2.05, 4.69) is 27.0 Å². The molecule has 7 rings (SSSR count). The fourth-order valence-electron chi connectivity index (χ4n) is 8.37. The van der Waals surface area contributed by atoms with E-state index >= 15 is 0 Å². The maximum Gasteiger partial charge on any atom is 0.337 e. The highest BCUT2D eigenvalue weighted by atomic mass is 35.5. The number of hydrogen-bond acceptors (Lipinski definition) is 10. The van der Waals surface area contributed by atoms with Crippen LogP contribution in [0.1, 0.15) is 66.9 Å². The summed E-state index contributed by atoms with van der Waals surface area (Å²) in [4.78, 5) is 22.9. The van der Waals surface area contributed by atoms with Crippen molar-refractivity contribution in [3.8, 4) is 5.75 Å². The highest BCUT2D eigenvalue weighted by Gasteiger charge is 2.45. The summed E-state index contributed by atoms with van der Waals surface area (Å²) in [5, 5.41) is 0.579. The molecule has 4 aliphatic rings. The normalized spacial score (nSPS) is 27.2. The first-order valence-corrected chi connectivity index (χ1v) is 19.3. The van der Waals surface area contributed by atoms with Crippen LogP contribution in [-0.2, 0) is 35.9 Å². The van der Waals surface area contributed by atoms with Crippen LogP contribution < -0.4 is 9.64 Å². The van der Waals surface area contributed by atoms with Crippen LogP contribution in [0.25, 0.3) is 0 Å².